The van der Waals surface area contributed by atoms with E-state index in [1.807, 2.05) is 12.1 Å². The molecule has 0 spiro atoms. The first-order valence-electron chi connectivity index (χ1n) is 6.62. The predicted octanol–water partition coefficient (Wildman–Crippen LogP) is 1.59. The van der Waals surface area contributed by atoms with Crippen LogP contribution in [0.2, 0.25) is 0 Å². The molecule has 4 nitrogen and oxygen atoms in total. The van der Waals surface area contributed by atoms with Gasteiger partial charge in [-0.05, 0) is 37.0 Å². The monoisotopic (exact) mass is 277 g/mol. The summed E-state index contributed by atoms with van der Waals surface area (Å²) in [6.45, 7) is 0.604. The van der Waals surface area contributed by atoms with E-state index in [9.17, 15) is 4.79 Å². The molecule has 5 heteroatoms. The van der Waals surface area contributed by atoms with Crippen molar-refractivity contribution in [3.63, 3.8) is 0 Å². The number of hydrogen-bond acceptors (Lipinski definition) is 3. The molecule has 0 bridgehead atoms. The third kappa shape index (κ3) is 3.10. The Labute approximate surface area is 118 Å². The molecule has 19 heavy (non-hydrogen) atoms. The van der Waals surface area contributed by atoms with Gasteiger partial charge in [0, 0.05) is 18.9 Å². The molecule has 1 saturated carbocycles. The normalized spacial score (nSPS) is 17.1. The van der Waals surface area contributed by atoms with Gasteiger partial charge < -0.3 is 11.1 Å². The summed E-state index contributed by atoms with van der Waals surface area (Å²) < 4.78 is 0. The molecule has 1 aliphatic rings. The molecule has 0 unspecified atom stereocenters. The zero-order valence-corrected chi connectivity index (χ0v) is 11.7. The van der Waals surface area contributed by atoms with Gasteiger partial charge in [0.15, 0.2) is 0 Å². The summed E-state index contributed by atoms with van der Waals surface area (Å²) in [5.41, 5.74) is 6.33. The maximum atomic E-state index is 12.3. The lowest BCUT2D eigenvalue weighted by Crippen LogP contribution is -2.47. The van der Waals surface area contributed by atoms with Crippen molar-refractivity contribution in [1.82, 2.24) is 10.3 Å². The third-order valence-corrected chi connectivity index (χ3v) is 4.20. The average Bonchev–Trinajstić information content (AvgIpc) is 2.90. The van der Waals surface area contributed by atoms with Gasteiger partial charge in [-0.3, -0.25) is 9.78 Å². The number of rotatable bonds is 5. The molecule has 102 valence electrons. The maximum absolute atomic E-state index is 12.3. The lowest BCUT2D eigenvalue weighted by atomic mass is 9.85. The number of carbonyl (C=O) groups is 1. The number of nitrogens with zero attached hydrogens (tertiary/aromatic N) is 1. The highest BCUT2D eigenvalue weighted by Gasteiger charge is 2.43. The molecular formula is C14H19N3OS. The van der Waals surface area contributed by atoms with Crippen LogP contribution in [0.5, 0.6) is 0 Å². The Bertz CT molecular complexity index is 455. The maximum Gasteiger partial charge on any atom is 0.233 e. The molecule has 2 rings (SSSR count). The second kappa shape index (κ2) is 6.10. The molecule has 1 aromatic rings. The fraction of sp³-hybridized carbons (Fsp3) is 0.500. The topological polar surface area (TPSA) is 68.0 Å². The molecule has 0 aliphatic heterocycles. The number of aromatic nitrogens is 1. The molecule has 0 aromatic carbocycles. The first kappa shape index (κ1) is 13.9. The molecule has 1 aliphatic carbocycles. The SMILES string of the molecule is NC(=S)C1(C(=O)NCCc2ccncc2)CCCC1. The van der Waals surface area contributed by atoms with Crippen molar-refractivity contribution in [1.29, 1.82) is 0 Å². The van der Waals surface area contributed by atoms with Crippen LogP contribution in [0.3, 0.4) is 0 Å². The van der Waals surface area contributed by atoms with Crippen molar-refractivity contribution < 1.29 is 4.79 Å². The van der Waals surface area contributed by atoms with Crippen molar-refractivity contribution in [2.75, 3.05) is 6.54 Å². The highest BCUT2D eigenvalue weighted by molar-refractivity contribution is 7.80. The first-order chi connectivity index (χ1) is 9.15. The van der Waals surface area contributed by atoms with Gasteiger partial charge in [0.25, 0.3) is 0 Å². The van der Waals surface area contributed by atoms with Crippen LogP contribution < -0.4 is 11.1 Å². The molecular weight excluding hydrogens is 258 g/mol. The smallest absolute Gasteiger partial charge is 0.233 e. The van der Waals surface area contributed by atoms with Crippen LogP contribution in [0.4, 0.5) is 0 Å². The minimum absolute atomic E-state index is 0.00782. The van der Waals surface area contributed by atoms with Gasteiger partial charge in [-0.15, -0.1) is 0 Å². The van der Waals surface area contributed by atoms with Gasteiger partial charge in [0.05, 0.1) is 10.4 Å². The number of pyridine rings is 1. The molecule has 0 atom stereocenters. The van der Waals surface area contributed by atoms with Gasteiger partial charge in [0.2, 0.25) is 5.91 Å². The standard InChI is InChI=1S/C14H19N3OS/c15-12(19)14(6-1-2-7-14)13(18)17-10-5-11-3-8-16-9-4-11/h3-4,8-9H,1-2,5-7,10H2,(H2,15,19)(H,17,18). The van der Waals surface area contributed by atoms with E-state index in [0.29, 0.717) is 11.5 Å². The average molecular weight is 277 g/mol. The van der Waals surface area contributed by atoms with Crippen molar-refractivity contribution in [3.8, 4) is 0 Å². The summed E-state index contributed by atoms with van der Waals surface area (Å²) >= 11 is 5.10. The van der Waals surface area contributed by atoms with Crippen LogP contribution in [0.25, 0.3) is 0 Å². The highest BCUT2D eigenvalue weighted by atomic mass is 32.1. The second-order valence-corrected chi connectivity index (χ2v) is 5.45. The summed E-state index contributed by atoms with van der Waals surface area (Å²) in [4.78, 5) is 16.6. The van der Waals surface area contributed by atoms with Crippen molar-refractivity contribution in [2.24, 2.45) is 11.1 Å². The Morgan fingerprint density at radius 3 is 2.58 bits per heavy atom. The van der Waals surface area contributed by atoms with E-state index in [-0.39, 0.29) is 5.91 Å². The molecule has 1 fully saturated rings. The molecule has 1 aromatic heterocycles. The van der Waals surface area contributed by atoms with E-state index < -0.39 is 5.41 Å². The number of amides is 1. The summed E-state index contributed by atoms with van der Waals surface area (Å²) in [6, 6.07) is 3.90. The highest BCUT2D eigenvalue weighted by Crippen LogP contribution is 2.38. The number of nitrogens with one attached hydrogen (secondary N) is 1. The Morgan fingerprint density at radius 1 is 1.37 bits per heavy atom. The predicted molar refractivity (Wildman–Crippen MR) is 78.6 cm³/mol. The number of thiocarbonyl (C=S) groups is 1. The zero-order valence-electron chi connectivity index (χ0n) is 10.9. The Kier molecular flexibility index (Phi) is 4.47. The molecule has 1 amide bonds. The minimum Gasteiger partial charge on any atom is -0.392 e. The number of nitrogens with two attached hydrogens (primary N) is 1. The lowest BCUT2D eigenvalue weighted by Gasteiger charge is -2.26. The van der Waals surface area contributed by atoms with E-state index in [4.69, 9.17) is 18.0 Å². The van der Waals surface area contributed by atoms with Crippen LogP contribution >= 0.6 is 12.2 Å². The summed E-state index contributed by atoms with van der Waals surface area (Å²) in [5, 5.41) is 2.97. The van der Waals surface area contributed by atoms with E-state index in [0.717, 1.165) is 37.7 Å². The van der Waals surface area contributed by atoms with Gasteiger partial charge in [-0.2, -0.15) is 0 Å². The lowest BCUT2D eigenvalue weighted by molar-refractivity contribution is -0.127. The molecule has 0 radical (unpaired) electrons. The van der Waals surface area contributed by atoms with Gasteiger partial charge in [0.1, 0.15) is 0 Å². The number of carbonyl (C=O) groups excluding carboxylic acids is 1. The summed E-state index contributed by atoms with van der Waals surface area (Å²) in [5.74, 6) is -0.00782. The minimum atomic E-state index is -0.604. The second-order valence-electron chi connectivity index (χ2n) is 5.01. The Balaban J connectivity index is 1.88. The fourth-order valence-electron chi connectivity index (χ4n) is 2.60. The zero-order chi connectivity index (χ0) is 13.7. The van der Waals surface area contributed by atoms with Crippen LogP contribution in [0.15, 0.2) is 24.5 Å². The van der Waals surface area contributed by atoms with Crippen molar-refractivity contribution >= 4 is 23.1 Å². The van der Waals surface area contributed by atoms with E-state index in [1.165, 1.54) is 0 Å². The van der Waals surface area contributed by atoms with Gasteiger partial charge >= 0.3 is 0 Å². The van der Waals surface area contributed by atoms with Crippen LogP contribution in [0, 0.1) is 5.41 Å². The molecule has 3 N–H and O–H groups in total. The van der Waals surface area contributed by atoms with Crippen molar-refractivity contribution in [2.45, 2.75) is 32.1 Å². The third-order valence-electron chi connectivity index (χ3n) is 3.81. The fourth-order valence-corrected chi connectivity index (χ4v) is 2.90. The Hall–Kier alpha value is -1.49. The van der Waals surface area contributed by atoms with E-state index >= 15 is 0 Å². The summed E-state index contributed by atoms with van der Waals surface area (Å²) in [6.07, 6.45) is 7.91. The van der Waals surface area contributed by atoms with Crippen LogP contribution in [-0.2, 0) is 11.2 Å². The van der Waals surface area contributed by atoms with Crippen molar-refractivity contribution in [3.05, 3.63) is 30.1 Å². The van der Waals surface area contributed by atoms with E-state index in [2.05, 4.69) is 10.3 Å². The summed E-state index contributed by atoms with van der Waals surface area (Å²) in [7, 11) is 0. The Morgan fingerprint density at radius 2 is 2.00 bits per heavy atom. The van der Waals surface area contributed by atoms with Crippen LogP contribution in [0.1, 0.15) is 31.2 Å². The molecule has 0 saturated heterocycles. The van der Waals surface area contributed by atoms with E-state index in [1.54, 1.807) is 12.4 Å². The van der Waals surface area contributed by atoms with Gasteiger partial charge in [-0.1, -0.05) is 25.1 Å². The number of hydrogen-bond donors (Lipinski definition) is 2. The first-order valence-corrected chi connectivity index (χ1v) is 7.03. The molecule has 1 heterocycles. The quantitative estimate of drug-likeness (QED) is 0.802. The van der Waals surface area contributed by atoms with Gasteiger partial charge in [-0.25, -0.2) is 0 Å². The largest absolute Gasteiger partial charge is 0.392 e. The van der Waals surface area contributed by atoms with Crippen LogP contribution in [-0.4, -0.2) is 22.4 Å².